The van der Waals surface area contributed by atoms with E-state index in [1.165, 1.54) is 0 Å². The fourth-order valence-corrected chi connectivity index (χ4v) is 4.97. The number of amides is 2. The first kappa shape index (κ1) is 24.5. The van der Waals surface area contributed by atoms with Crippen LogP contribution in [0.4, 0.5) is 10.6 Å². The topological polar surface area (TPSA) is 89.3 Å². The van der Waals surface area contributed by atoms with Gasteiger partial charge in [-0.25, -0.2) is 9.78 Å². The molecule has 0 radical (unpaired) electrons. The van der Waals surface area contributed by atoms with Crippen LogP contribution in [-0.4, -0.2) is 50.4 Å². The van der Waals surface area contributed by atoms with Gasteiger partial charge in [0.1, 0.15) is 11.4 Å². The van der Waals surface area contributed by atoms with Gasteiger partial charge in [0.15, 0.2) is 0 Å². The van der Waals surface area contributed by atoms with Crippen molar-refractivity contribution in [2.24, 2.45) is 11.3 Å². The summed E-state index contributed by atoms with van der Waals surface area (Å²) in [5.74, 6) is 0.411. The summed E-state index contributed by atoms with van der Waals surface area (Å²) in [6.07, 6.45) is 6.06. The standard InChI is InChI=1S/C25H34ClN5O3/c1-24(2,3)34-23(33)30-8-6-7-16(14-30)9-22(32)29-21-10-17(19(26)13-27-21)18-12-28-31-15-25(4,5)11-20(18)31/h10,12-13,16H,6-9,11,14-15H2,1-5H3,(H,27,29,32)/t16-/m0/s1. The minimum Gasteiger partial charge on any atom is -0.444 e. The summed E-state index contributed by atoms with van der Waals surface area (Å²) in [7, 11) is 0. The van der Waals surface area contributed by atoms with Crippen molar-refractivity contribution in [1.29, 1.82) is 0 Å². The summed E-state index contributed by atoms with van der Waals surface area (Å²) in [5.41, 5.74) is 2.57. The molecule has 1 fully saturated rings. The molecule has 2 aromatic rings. The van der Waals surface area contributed by atoms with Crippen LogP contribution in [-0.2, 0) is 22.5 Å². The van der Waals surface area contributed by atoms with Gasteiger partial charge in [-0.1, -0.05) is 25.4 Å². The summed E-state index contributed by atoms with van der Waals surface area (Å²) in [6.45, 7) is 12.0. The molecule has 0 aliphatic carbocycles. The molecular weight excluding hydrogens is 454 g/mol. The van der Waals surface area contributed by atoms with Crippen LogP contribution in [0.2, 0.25) is 5.02 Å². The van der Waals surface area contributed by atoms with Crippen molar-refractivity contribution in [2.45, 2.75) is 72.4 Å². The Labute approximate surface area is 206 Å². The molecular formula is C25H34ClN5O3. The summed E-state index contributed by atoms with van der Waals surface area (Å²) in [5, 5.41) is 7.97. The van der Waals surface area contributed by atoms with E-state index >= 15 is 0 Å². The second kappa shape index (κ2) is 9.21. The molecule has 2 aliphatic heterocycles. The zero-order chi connectivity index (χ0) is 24.7. The number of pyridine rings is 1. The molecule has 1 N–H and O–H groups in total. The Bertz CT molecular complexity index is 1090. The van der Waals surface area contributed by atoms with Gasteiger partial charge in [-0.15, -0.1) is 0 Å². The maximum atomic E-state index is 12.8. The highest BCUT2D eigenvalue weighted by atomic mass is 35.5. The van der Waals surface area contributed by atoms with Crippen LogP contribution in [0, 0.1) is 11.3 Å². The van der Waals surface area contributed by atoms with Gasteiger partial charge in [-0.3, -0.25) is 9.48 Å². The van der Waals surface area contributed by atoms with Gasteiger partial charge in [0, 0.05) is 49.1 Å². The second-order valence-corrected chi connectivity index (χ2v) is 11.6. The lowest BCUT2D eigenvalue weighted by Crippen LogP contribution is -2.43. The van der Waals surface area contributed by atoms with Gasteiger partial charge in [-0.05, 0) is 57.4 Å². The molecule has 0 aromatic carbocycles. The molecule has 1 saturated heterocycles. The van der Waals surface area contributed by atoms with E-state index in [1.807, 2.05) is 37.7 Å². The summed E-state index contributed by atoms with van der Waals surface area (Å²) in [6, 6.07) is 1.82. The lowest BCUT2D eigenvalue weighted by Gasteiger charge is -2.33. The van der Waals surface area contributed by atoms with Crippen molar-refractivity contribution in [3.63, 3.8) is 0 Å². The number of carbonyl (C=O) groups excluding carboxylic acids is 2. The molecule has 4 heterocycles. The minimum atomic E-state index is -0.537. The van der Waals surface area contributed by atoms with Crippen LogP contribution in [0.5, 0.6) is 0 Å². The van der Waals surface area contributed by atoms with E-state index in [2.05, 4.69) is 29.2 Å². The number of hydrogen-bond donors (Lipinski definition) is 1. The first-order valence-corrected chi connectivity index (χ1v) is 12.3. The molecule has 0 bridgehead atoms. The average molecular weight is 488 g/mol. The molecule has 1 atom stereocenters. The quantitative estimate of drug-likeness (QED) is 0.643. The fraction of sp³-hybridized carbons (Fsp3) is 0.600. The monoisotopic (exact) mass is 487 g/mol. The second-order valence-electron chi connectivity index (χ2n) is 11.2. The normalized spacial score (nSPS) is 19.6. The molecule has 2 amide bonds. The number of anilines is 1. The number of nitrogens with one attached hydrogen (secondary N) is 1. The zero-order valence-electron chi connectivity index (χ0n) is 20.7. The number of hydrogen-bond acceptors (Lipinski definition) is 5. The molecule has 2 aromatic heterocycles. The van der Waals surface area contributed by atoms with Crippen LogP contribution >= 0.6 is 11.6 Å². The van der Waals surface area contributed by atoms with E-state index in [1.54, 1.807) is 11.1 Å². The lowest BCUT2D eigenvalue weighted by molar-refractivity contribution is -0.117. The Morgan fingerprint density at radius 2 is 2.03 bits per heavy atom. The lowest BCUT2D eigenvalue weighted by atomic mass is 9.89. The Morgan fingerprint density at radius 3 is 2.76 bits per heavy atom. The van der Waals surface area contributed by atoms with Crippen LogP contribution in [0.15, 0.2) is 18.5 Å². The van der Waals surface area contributed by atoms with Crippen LogP contribution in [0.1, 0.15) is 59.6 Å². The Balaban J connectivity index is 1.40. The number of fused-ring (bicyclic) bond motifs is 1. The smallest absolute Gasteiger partial charge is 0.410 e. The van der Waals surface area contributed by atoms with Gasteiger partial charge in [-0.2, -0.15) is 5.10 Å². The summed E-state index contributed by atoms with van der Waals surface area (Å²) >= 11 is 6.48. The average Bonchev–Trinajstić information content (AvgIpc) is 3.23. The first-order valence-electron chi connectivity index (χ1n) is 11.9. The highest BCUT2D eigenvalue weighted by molar-refractivity contribution is 6.33. The Kier molecular flexibility index (Phi) is 6.64. The number of aromatic nitrogens is 3. The summed E-state index contributed by atoms with van der Waals surface area (Å²) in [4.78, 5) is 31.2. The zero-order valence-corrected chi connectivity index (χ0v) is 21.4. The molecule has 184 valence electrons. The van der Waals surface area contributed by atoms with E-state index in [4.69, 9.17) is 16.3 Å². The molecule has 2 aliphatic rings. The van der Waals surface area contributed by atoms with E-state index < -0.39 is 5.60 Å². The Morgan fingerprint density at radius 1 is 1.26 bits per heavy atom. The van der Waals surface area contributed by atoms with Crippen molar-refractivity contribution in [2.75, 3.05) is 18.4 Å². The minimum absolute atomic E-state index is 0.0780. The number of carbonyl (C=O) groups is 2. The van der Waals surface area contributed by atoms with E-state index in [0.29, 0.717) is 30.4 Å². The van der Waals surface area contributed by atoms with Crippen molar-refractivity contribution in [1.82, 2.24) is 19.7 Å². The number of likely N-dealkylation sites (tertiary alicyclic amines) is 1. The molecule has 9 heteroatoms. The predicted molar refractivity (Wildman–Crippen MR) is 132 cm³/mol. The van der Waals surface area contributed by atoms with Crippen molar-refractivity contribution in [3.8, 4) is 11.1 Å². The maximum absolute atomic E-state index is 12.8. The number of ether oxygens (including phenoxy) is 1. The van der Waals surface area contributed by atoms with Gasteiger partial charge < -0.3 is 15.0 Å². The third kappa shape index (κ3) is 5.71. The van der Waals surface area contributed by atoms with Gasteiger partial charge in [0.05, 0.1) is 11.2 Å². The molecule has 0 saturated carbocycles. The fourth-order valence-electron chi connectivity index (χ4n) is 4.77. The van der Waals surface area contributed by atoms with Crippen LogP contribution in [0.25, 0.3) is 11.1 Å². The number of rotatable bonds is 4. The van der Waals surface area contributed by atoms with Gasteiger partial charge in [0.25, 0.3) is 0 Å². The molecule has 4 rings (SSSR count). The number of halogens is 1. The van der Waals surface area contributed by atoms with Crippen molar-refractivity contribution in [3.05, 3.63) is 29.2 Å². The van der Waals surface area contributed by atoms with Crippen LogP contribution in [0.3, 0.4) is 0 Å². The SMILES string of the molecule is CC1(C)Cc2c(-c3cc(NC(=O)C[C@@H]4CCCN(C(=O)OC(C)(C)C)C4)ncc3Cl)cnn2C1. The molecule has 0 unspecified atom stereocenters. The highest BCUT2D eigenvalue weighted by Gasteiger charge is 2.32. The number of nitrogens with zero attached hydrogens (tertiary/aromatic N) is 4. The van der Waals surface area contributed by atoms with Crippen molar-refractivity contribution < 1.29 is 14.3 Å². The van der Waals surface area contributed by atoms with E-state index in [9.17, 15) is 9.59 Å². The van der Waals surface area contributed by atoms with E-state index in [0.717, 1.165) is 42.6 Å². The Hall–Kier alpha value is -2.61. The third-order valence-corrected chi connectivity index (χ3v) is 6.53. The maximum Gasteiger partial charge on any atom is 0.410 e. The van der Waals surface area contributed by atoms with Gasteiger partial charge in [0.2, 0.25) is 5.91 Å². The largest absolute Gasteiger partial charge is 0.444 e. The molecule has 0 spiro atoms. The molecule has 34 heavy (non-hydrogen) atoms. The van der Waals surface area contributed by atoms with Crippen LogP contribution < -0.4 is 5.32 Å². The van der Waals surface area contributed by atoms with Crippen molar-refractivity contribution >= 4 is 29.4 Å². The predicted octanol–water partition coefficient (Wildman–Crippen LogP) is 5.16. The highest BCUT2D eigenvalue weighted by Crippen LogP contribution is 2.39. The first-order chi connectivity index (χ1) is 15.9. The molecule has 8 nitrogen and oxygen atoms in total. The van der Waals surface area contributed by atoms with E-state index in [-0.39, 0.29) is 23.3 Å². The third-order valence-electron chi connectivity index (χ3n) is 6.23. The number of piperidine rings is 1. The summed E-state index contributed by atoms with van der Waals surface area (Å²) < 4.78 is 7.52. The van der Waals surface area contributed by atoms with Gasteiger partial charge >= 0.3 is 6.09 Å².